The van der Waals surface area contributed by atoms with E-state index in [1.807, 2.05) is 88.4 Å². The molecule has 5 heteroatoms. The van der Waals surface area contributed by atoms with Crippen LogP contribution in [0.3, 0.4) is 0 Å². The number of amides is 1. The van der Waals surface area contributed by atoms with E-state index in [4.69, 9.17) is 9.47 Å². The van der Waals surface area contributed by atoms with E-state index >= 15 is 0 Å². The van der Waals surface area contributed by atoms with Gasteiger partial charge in [0.1, 0.15) is 11.7 Å². The molecule has 0 unspecified atom stereocenters. The Balaban J connectivity index is 2.49. The Morgan fingerprint density at radius 3 is 1.86 bits per heavy atom. The van der Waals surface area contributed by atoms with Crippen LogP contribution >= 0.6 is 0 Å². The summed E-state index contributed by atoms with van der Waals surface area (Å²) in [4.78, 5) is 27.1. The summed E-state index contributed by atoms with van der Waals surface area (Å²) in [7, 11) is 1.35. The van der Waals surface area contributed by atoms with Crippen molar-refractivity contribution in [3.8, 4) is 0 Å². The molecule has 0 saturated heterocycles. The van der Waals surface area contributed by atoms with Crippen LogP contribution in [-0.4, -0.2) is 36.2 Å². The highest BCUT2D eigenvalue weighted by Gasteiger charge is 2.26. The first kappa shape index (κ1) is 22.2. The van der Waals surface area contributed by atoms with E-state index in [-0.39, 0.29) is 12.1 Å². The number of ether oxygens (including phenoxy) is 2. The molecule has 0 radical (unpaired) electrons. The molecule has 2 aromatic rings. The molecule has 29 heavy (non-hydrogen) atoms. The predicted octanol–water partition coefficient (Wildman–Crippen LogP) is 5.24. The van der Waals surface area contributed by atoms with Gasteiger partial charge < -0.3 is 14.4 Å². The summed E-state index contributed by atoms with van der Waals surface area (Å²) >= 11 is 0. The molecule has 2 aromatic carbocycles. The summed E-state index contributed by atoms with van der Waals surface area (Å²) in [6.07, 6.45) is 1.19. The second-order valence-electron chi connectivity index (χ2n) is 7.27. The van der Waals surface area contributed by atoms with Crippen LogP contribution < -0.4 is 0 Å². The van der Waals surface area contributed by atoms with Gasteiger partial charge in [0, 0.05) is 17.6 Å². The average Bonchev–Trinajstić information content (AvgIpc) is 2.71. The first-order valence-corrected chi connectivity index (χ1v) is 9.75. The van der Waals surface area contributed by atoms with E-state index in [0.29, 0.717) is 11.3 Å². The Morgan fingerprint density at radius 2 is 1.38 bits per heavy atom. The van der Waals surface area contributed by atoms with Gasteiger partial charge in [-0.15, -0.1) is 0 Å². The number of esters is 1. The number of rotatable bonds is 7. The fourth-order valence-corrected chi connectivity index (χ4v) is 3.20. The van der Waals surface area contributed by atoms with Crippen LogP contribution in [0, 0.1) is 0 Å². The smallest absolute Gasteiger partial charge is 0.415 e. The van der Waals surface area contributed by atoms with E-state index in [1.54, 1.807) is 11.0 Å². The van der Waals surface area contributed by atoms with Crippen molar-refractivity contribution in [2.45, 2.75) is 45.7 Å². The summed E-state index contributed by atoms with van der Waals surface area (Å²) in [6.45, 7) is 7.76. The number of hydrogen-bond donors (Lipinski definition) is 0. The number of carbonyl (C=O) groups is 2. The molecule has 0 aromatic heterocycles. The van der Waals surface area contributed by atoms with Gasteiger partial charge >= 0.3 is 12.1 Å². The molecule has 0 saturated carbocycles. The van der Waals surface area contributed by atoms with Crippen LogP contribution in [0.1, 0.15) is 44.7 Å². The second kappa shape index (κ2) is 10.5. The van der Waals surface area contributed by atoms with E-state index in [0.717, 1.165) is 5.56 Å². The average molecular weight is 395 g/mol. The van der Waals surface area contributed by atoms with Crippen molar-refractivity contribution in [2.24, 2.45) is 0 Å². The van der Waals surface area contributed by atoms with Crippen LogP contribution in [0.5, 0.6) is 0 Å². The van der Waals surface area contributed by atoms with Gasteiger partial charge in [0.05, 0.1) is 7.11 Å². The largest absolute Gasteiger partial charge is 0.468 e. The maximum Gasteiger partial charge on any atom is 0.415 e. The zero-order valence-corrected chi connectivity index (χ0v) is 17.7. The maximum absolute atomic E-state index is 12.9. The van der Waals surface area contributed by atoms with Gasteiger partial charge in [0.2, 0.25) is 0 Å². The van der Waals surface area contributed by atoms with Crippen LogP contribution in [0.15, 0.2) is 66.7 Å². The van der Waals surface area contributed by atoms with Crippen LogP contribution in [0.4, 0.5) is 4.79 Å². The third-order valence-electron chi connectivity index (χ3n) is 4.51. The molecule has 154 valence electrons. The summed E-state index contributed by atoms with van der Waals surface area (Å²) in [5.41, 5.74) is 1.46. The summed E-state index contributed by atoms with van der Waals surface area (Å²) < 4.78 is 10.8. The Hall–Kier alpha value is -3.08. The Bertz CT molecular complexity index is 820. The molecule has 5 nitrogen and oxygen atoms in total. The molecule has 0 aliphatic carbocycles. The molecule has 2 rings (SSSR count). The van der Waals surface area contributed by atoms with Crippen LogP contribution in [-0.2, 0) is 14.3 Å². The van der Waals surface area contributed by atoms with E-state index < -0.39 is 18.0 Å². The fraction of sp³-hybridized carbons (Fsp3) is 0.333. The predicted molar refractivity (Wildman–Crippen MR) is 114 cm³/mol. The molecule has 0 N–H and O–H groups in total. The molecule has 0 aliphatic heterocycles. The number of hydrogen-bond acceptors (Lipinski definition) is 4. The van der Waals surface area contributed by atoms with Gasteiger partial charge in [-0.2, -0.15) is 0 Å². The lowest BCUT2D eigenvalue weighted by atomic mass is 9.97. The molecular weight excluding hydrogens is 366 g/mol. The van der Waals surface area contributed by atoms with E-state index in [2.05, 4.69) is 0 Å². The first-order valence-electron chi connectivity index (χ1n) is 9.75. The lowest BCUT2D eigenvalue weighted by molar-refractivity contribution is -0.141. The number of carbonyl (C=O) groups excluding carboxylic acids is 2. The SMILES string of the molecule is COC(=O)[C@@H](/C=C(\OC(=O)N(C(C)C)C(C)C)c1ccccc1)c1ccccc1. The highest BCUT2D eigenvalue weighted by Crippen LogP contribution is 2.26. The lowest BCUT2D eigenvalue weighted by Crippen LogP contribution is -2.42. The molecule has 1 amide bonds. The van der Waals surface area contributed by atoms with Gasteiger partial charge in [-0.3, -0.25) is 4.79 Å². The minimum Gasteiger partial charge on any atom is -0.468 e. The molecule has 1 atom stereocenters. The van der Waals surface area contributed by atoms with Gasteiger partial charge in [-0.05, 0) is 39.3 Å². The number of methoxy groups -OCH3 is 1. The van der Waals surface area contributed by atoms with Gasteiger partial charge in [-0.1, -0.05) is 60.7 Å². The van der Waals surface area contributed by atoms with E-state index in [9.17, 15) is 9.59 Å². The van der Waals surface area contributed by atoms with E-state index in [1.165, 1.54) is 7.11 Å². The first-order chi connectivity index (χ1) is 13.8. The highest BCUT2D eigenvalue weighted by molar-refractivity contribution is 5.84. The second-order valence-corrected chi connectivity index (χ2v) is 7.27. The Kier molecular flexibility index (Phi) is 8.01. The topological polar surface area (TPSA) is 55.8 Å². The Morgan fingerprint density at radius 1 is 0.862 bits per heavy atom. The van der Waals surface area contributed by atoms with Crippen molar-refractivity contribution in [1.29, 1.82) is 0 Å². The molecule has 0 heterocycles. The summed E-state index contributed by atoms with van der Waals surface area (Å²) in [6, 6.07) is 18.5. The molecule has 0 aliphatic rings. The molecule has 0 bridgehead atoms. The van der Waals surface area contributed by atoms with Crippen LogP contribution in [0.25, 0.3) is 5.76 Å². The minimum atomic E-state index is -0.698. The molecular formula is C24H29NO4. The maximum atomic E-state index is 12.9. The normalized spacial score (nSPS) is 12.6. The summed E-state index contributed by atoms with van der Waals surface area (Å²) in [5, 5.41) is 0. The molecule has 0 fully saturated rings. The van der Waals surface area contributed by atoms with Crippen molar-refractivity contribution in [3.63, 3.8) is 0 Å². The van der Waals surface area contributed by atoms with Crippen molar-refractivity contribution in [1.82, 2.24) is 4.90 Å². The fourth-order valence-electron chi connectivity index (χ4n) is 3.20. The zero-order valence-electron chi connectivity index (χ0n) is 17.7. The number of benzene rings is 2. The van der Waals surface area contributed by atoms with Gasteiger partial charge in [-0.25, -0.2) is 4.79 Å². The van der Waals surface area contributed by atoms with Gasteiger partial charge in [0.15, 0.2) is 0 Å². The highest BCUT2D eigenvalue weighted by atomic mass is 16.6. The third kappa shape index (κ3) is 5.95. The third-order valence-corrected chi connectivity index (χ3v) is 4.51. The quantitative estimate of drug-likeness (QED) is 0.475. The molecule has 0 spiro atoms. The zero-order chi connectivity index (χ0) is 21.4. The van der Waals surface area contributed by atoms with Gasteiger partial charge in [0.25, 0.3) is 0 Å². The van der Waals surface area contributed by atoms with Crippen molar-refractivity contribution >= 4 is 17.8 Å². The van der Waals surface area contributed by atoms with Crippen molar-refractivity contribution < 1.29 is 19.1 Å². The van der Waals surface area contributed by atoms with Crippen molar-refractivity contribution in [3.05, 3.63) is 77.9 Å². The summed E-state index contributed by atoms with van der Waals surface area (Å²) in [5.74, 6) is -0.804. The van der Waals surface area contributed by atoms with Crippen LogP contribution in [0.2, 0.25) is 0 Å². The van der Waals surface area contributed by atoms with Crippen molar-refractivity contribution in [2.75, 3.05) is 7.11 Å². The lowest BCUT2D eigenvalue weighted by Gasteiger charge is -2.30. The minimum absolute atomic E-state index is 0.0231. The monoisotopic (exact) mass is 395 g/mol. The Labute approximate surface area is 172 Å². The number of nitrogens with zero attached hydrogens (tertiary/aromatic N) is 1. The standard InChI is InChI=1S/C24H29NO4/c1-17(2)25(18(3)4)24(27)29-22(20-14-10-7-11-15-20)16-21(23(26)28-5)19-12-8-6-9-13-19/h6-18,21H,1-5H3/b22-16-/t21-/m0/s1.